The van der Waals surface area contributed by atoms with Gasteiger partial charge in [-0.05, 0) is 32.6 Å². The zero-order valence-electron chi connectivity index (χ0n) is 8.55. The van der Waals surface area contributed by atoms with Crippen LogP contribution < -0.4 is 0 Å². The first-order valence-corrected chi connectivity index (χ1v) is 4.46. The number of hydrogen-bond acceptors (Lipinski definition) is 2. The van der Waals surface area contributed by atoms with Crippen LogP contribution in [-0.2, 0) is 4.74 Å². The lowest BCUT2D eigenvalue weighted by atomic mass is 9.88. The minimum absolute atomic E-state index is 0.0601. The molecular formula is C10H19NO. The zero-order valence-corrected chi connectivity index (χ0v) is 8.55. The van der Waals surface area contributed by atoms with Crippen LogP contribution >= 0.6 is 0 Å². The fourth-order valence-corrected chi connectivity index (χ4v) is 1.04. The Balaban J connectivity index is 3.72. The van der Waals surface area contributed by atoms with Crippen LogP contribution in [0.3, 0.4) is 0 Å². The van der Waals surface area contributed by atoms with E-state index in [-0.39, 0.29) is 5.60 Å². The molecule has 0 saturated heterocycles. The second-order valence-corrected chi connectivity index (χ2v) is 3.76. The molecule has 0 aliphatic heterocycles. The third-order valence-corrected chi connectivity index (χ3v) is 2.64. The number of nitrogens with zero attached hydrogens (tertiary/aromatic N) is 1. The molecule has 0 spiro atoms. The van der Waals surface area contributed by atoms with Gasteiger partial charge >= 0.3 is 0 Å². The molecule has 0 radical (unpaired) electrons. The Morgan fingerprint density at radius 1 is 1.50 bits per heavy atom. The Bertz CT molecular complexity index is 158. The van der Waals surface area contributed by atoms with Gasteiger partial charge in [-0.3, -0.25) is 0 Å². The van der Waals surface area contributed by atoms with Gasteiger partial charge in [-0.25, -0.2) is 0 Å². The smallest absolute Gasteiger partial charge is 0.0648 e. The van der Waals surface area contributed by atoms with Crippen molar-refractivity contribution in [1.29, 1.82) is 5.26 Å². The van der Waals surface area contributed by atoms with E-state index >= 15 is 0 Å². The fraction of sp³-hybridized carbons (Fsp3) is 0.900. The Morgan fingerprint density at radius 3 is 2.50 bits per heavy atom. The van der Waals surface area contributed by atoms with Crippen LogP contribution in [0.1, 0.15) is 40.0 Å². The molecule has 0 aliphatic carbocycles. The predicted octanol–water partition coefficient (Wildman–Crippen LogP) is 2.74. The lowest BCUT2D eigenvalue weighted by molar-refractivity contribution is -0.0248. The molecule has 0 rings (SSSR count). The van der Waals surface area contributed by atoms with Gasteiger partial charge < -0.3 is 4.74 Å². The largest absolute Gasteiger partial charge is 0.379 e. The van der Waals surface area contributed by atoms with Crippen molar-refractivity contribution >= 4 is 0 Å². The van der Waals surface area contributed by atoms with Crippen LogP contribution in [-0.4, -0.2) is 12.7 Å². The van der Waals surface area contributed by atoms with E-state index in [4.69, 9.17) is 10.00 Å². The Morgan fingerprint density at radius 2 is 2.08 bits per heavy atom. The molecule has 1 unspecified atom stereocenters. The molecule has 2 nitrogen and oxygen atoms in total. The molecule has 12 heavy (non-hydrogen) atoms. The molecule has 0 N–H and O–H groups in total. The lowest BCUT2D eigenvalue weighted by Crippen LogP contribution is -2.31. The highest BCUT2D eigenvalue weighted by atomic mass is 16.5. The van der Waals surface area contributed by atoms with Crippen LogP contribution in [0.15, 0.2) is 0 Å². The van der Waals surface area contributed by atoms with E-state index in [0.717, 1.165) is 12.8 Å². The van der Waals surface area contributed by atoms with Crippen LogP contribution in [0.2, 0.25) is 0 Å². The maximum Gasteiger partial charge on any atom is 0.0648 e. The topological polar surface area (TPSA) is 33.0 Å². The molecule has 0 saturated carbocycles. The summed E-state index contributed by atoms with van der Waals surface area (Å²) < 4.78 is 5.35. The maximum absolute atomic E-state index is 8.36. The summed E-state index contributed by atoms with van der Waals surface area (Å²) in [6, 6.07) is 2.15. The second-order valence-electron chi connectivity index (χ2n) is 3.76. The third kappa shape index (κ3) is 3.73. The molecule has 0 bridgehead atoms. The van der Waals surface area contributed by atoms with Gasteiger partial charge in [0.05, 0.1) is 11.7 Å². The Kier molecular flexibility index (Phi) is 4.92. The summed E-state index contributed by atoms with van der Waals surface area (Å²) in [6.07, 6.45) is 2.70. The van der Waals surface area contributed by atoms with Crippen molar-refractivity contribution in [3.8, 4) is 6.07 Å². The van der Waals surface area contributed by atoms with Crippen molar-refractivity contribution in [2.45, 2.75) is 45.6 Å². The summed E-state index contributed by atoms with van der Waals surface area (Å²) in [5.41, 5.74) is -0.0601. The molecule has 0 heterocycles. The highest BCUT2D eigenvalue weighted by molar-refractivity contribution is 4.77. The first-order chi connectivity index (χ1) is 5.54. The van der Waals surface area contributed by atoms with Crippen LogP contribution in [0.4, 0.5) is 0 Å². The maximum atomic E-state index is 8.36. The molecule has 2 heteroatoms. The van der Waals surface area contributed by atoms with Crippen molar-refractivity contribution in [2.24, 2.45) is 5.92 Å². The van der Waals surface area contributed by atoms with E-state index in [1.165, 1.54) is 0 Å². The van der Waals surface area contributed by atoms with E-state index in [2.05, 4.69) is 26.8 Å². The SMILES string of the molecule is COC(C)(C)C(C)CCCC#N. The van der Waals surface area contributed by atoms with Gasteiger partial charge in [0.15, 0.2) is 0 Å². The van der Waals surface area contributed by atoms with E-state index in [1.54, 1.807) is 7.11 Å². The average molecular weight is 169 g/mol. The summed E-state index contributed by atoms with van der Waals surface area (Å²) >= 11 is 0. The number of methoxy groups -OCH3 is 1. The van der Waals surface area contributed by atoms with Gasteiger partial charge in [0.2, 0.25) is 0 Å². The second kappa shape index (κ2) is 5.16. The van der Waals surface area contributed by atoms with Crippen molar-refractivity contribution in [1.82, 2.24) is 0 Å². The van der Waals surface area contributed by atoms with Gasteiger partial charge in [0.1, 0.15) is 0 Å². The van der Waals surface area contributed by atoms with Crippen molar-refractivity contribution in [2.75, 3.05) is 7.11 Å². The first-order valence-electron chi connectivity index (χ1n) is 4.46. The highest BCUT2D eigenvalue weighted by Crippen LogP contribution is 2.24. The van der Waals surface area contributed by atoms with Crippen molar-refractivity contribution < 1.29 is 4.74 Å². The standard InChI is InChI=1S/C10H19NO/c1-9(7-5-6-8-11)10(2,3)12-4/h9H,5-7H2,1-4H3. The molecule has 0 aromatic rings. The quantitative estimate of drug-likeness (QED) is 0.593. The summed E-state index contributed by atoms with van der Waals surface area (Å²) in [7, 11) is 1.74. The molecule has 0 aromatic heterocycles. The van der Waals surface area contributed by atoms with Crippen molar-refractivity contribution in [3.63, 3.8) is 0 Å². The minimum atomic E-state index is -0.0601. The molecular weight excluding hydrogens is 150 g/mol. The van der Waals surface area contributed by atoms with Crippen molar-refractivity contribution in [3.05, 3.63) is 0 Å². The van der Waals surface area contributed by atoms with Gasteiger partial charge in [0.25, 0.3) is 0 Å². The average Bonchev–Trinajstić information content (AvgIpc) is 2.05. The zero-order chi connectivity index (χ0) is 9.61. The van der Waals surface area contributed by atoms with Gasteiger partial charge in [-0.1, -0.05) is 6.92 Å². The third-order valence-electron chi connectivity index (χ3n) is 2.64. The number of unbranched alkanes of at least 4 members (excludes halogenated alkanes) is 1. The molecule has 0 fully saturated rings. The van der Waals surface area contributed by atoms with Gasteiger partial charge in [0, 0.05) is 13.5 Å². The number of hydrogen-bond donors (Lipinski definition) is 0. The van der Waals surface area contributed by atoms with Gasteiger partial charge in [-0.2, -0.15) is 5.26 Å². The number of rotatable bonds is 5. The van der Waals surface area contributed by atoms with E-state index in [0.29, 0.717) is 12.3 Å². The van der Waals surface area contributed by atoms with Crippen LogP contribution in [0.5, 0.6) is 0 Å². The normalized spacial score (nSPS) is 13.9. The fourth-order valence-electron chi connectivity index (χ4n) is 1.04. The Hall–Kier alpha value is -0.550. The highest BCUT2D eigenvalue weighted by Gasteiger charge is 2.24. The van der Waals surface area contributed by atoms with Crippen LogP contribution in [0, 0.1) is 17.2 Å². The summed E-state index contributed by atoms with van der Waals surface area (Å²) in [5, 5.41) is 8.36. The summed E-state index contributed by atoms with van der Waals surface area (Å²) in [5.74, 6) is 0.510. The molecule has 1 atom stereocenters. The molecule has 0 aromatic carbocycles. The van der Waals surface area contributed by atoms with Crippen LogP contribution in [0.25, 0.3) is 0 Å². The van der Waals surface area contributed by atoms with Gasteiger partial charge in [-0.15, -0.1) is 0 Å². The summed E-state index contributed by atoms with van der Waals surface area (Å²) in [6.45, 7) is 6.34. The number of ether oxygens (including phenoxy) is 1. The Labute approximate surface area is 75.5 Å². The molecule has 70 valence electrons. The van der Waals surface area contributed by atoms with E-state index in [9.17, 15) is 0 Å². The lowest BCUT2D eigenvalue weighted by Gasteiger charge is -2.30. The monoisotopic (exact) mass is 169 g/mol. The first kappa shape index (κ1) is 11.4. The molecule has 0 aliphatic rings. The number of nitriles is 1. The van der Waals surface area contributed by atoms with E-state index in [1.807, 2.05) is 0 Å². The minimum Gasteiger partial charge on any atom is -0.379 e. The summed E-state index contributed by atoms with van der Waals surface area (Å²) in [4.78, 5) is 0. The van der Waals surface area contributed by atoms with E-state index < -0.39 is 0 Å². The molecule has 0 amide bonds. The predicted molar refractivity (Wildman–Crippen MR) is 49.7 cm³/mol.